The van der Waals surface area contributed by atoms with Gasteiger partial charge in [0, 0.05) is 11.5 Å². The molecule has 1 aromatic rings. The topological polar surface area (TPSA) is 57.5 Å². The Morgan fingerprint density at radius 2 is 1.86 bits per heavy atom. The third-order valence-corrected chi connectivity index (χ3v) is 2.46. The molecule has 3 heteroatoms. The second-order valence-electron chi connectivity index (χ2n) is 3.50. The first kappa shape index (κ1) is 10.6. The molecule has 3 nitrogen and oxygen atoms in total. The Morgan fingerprint density at radius 3 is 2.36 bits per heavy atom. The first-order valence-electron chi connectivity index (χ1n) is 4.47. The highest BCUT2D eigenvalue weighted by Gasteiger charge is 2.17. The lowest BCUT2D eigenvalue weighted by Gasteiger charge is -2.12. The van der Waals surface area contributed by atoms with Crippen molar-refractivity contribution in [3.63, 3.8) is 0 Å². The van der Waals surface area contributed by atoms with Crippen molar-refractivity contribution in [3.8, 4) is 11.5 Å². The normalized spacial score (nSPS) is 12.5. The molecule has 1 rings (SSSR count). The number of benzene rings is 1. The first-order chi connectivity index (χ1) is 6.45. The molecule has 0 radical (unpaired) electrons. The van der Waals surface area contributed by atoms with Gasteiger partial charge in [0.15, 0.2) is 11.5 Å². The van der Waals surface area contributed by atoms with Crippen LogP contribution in [0.4, 0.5) is 0 Å². The van der Waals surface area contributed by atoms with Gasteiger partial charge in [-0.05, 0) is 19.4 Å². The van der Waals surface area contributed by atoms with E-state index in [2.05, 4.69) is 0 Å². The van der Waals surface area contributed by atoms with Gasteiger partial charge in [-0.1, -0.05) is 19.1 Å². The predicted molar refractivity (Wildman–Crippen MR) is 53.6 cm³/mol. The molecule has 0 aliphatic heterocycles. The van der Waals surface area contributed by atoms with Crippen LogP contribution in [-0.4, -0.2) is 16.0 Å². The largest absolute Gasteiger partial charge is 0.504 e. The molecular formula is C11H14O3. The Morgan fingerprint density at radius 1 is 1.29 bits per heavy atom. The number of carbonyl (C=O) groups excluding carboxylic acids is 1. The van der Waals surface area contributed by atoms with Crippen LogP contribution in [0.3, 0.4) is 0 Å². The SMILES string of the molecule is CC(=O)[C@@H](C)c1ccc(C)c(O)c1O. The number of aromatic hydroxyl groups is 2. The fraction of sp³-hybridized carbons (Fsp3) is 0.364. The average molecular weight is 194 g/mol. The summed E-state index contributed by atoms with van der Waals surface area (Å²) in [7, 11) is 0. The smallest absolute Gasteiger partial charge is 0.161 e. The van der Waals surface area contributed by atoms with Gasteiger partial charge >= 0.3 is 0 Å². The van der Waals surface area contributed by atoms with E-state index in [4.69, 9.17) is 0 Å². The number of hydrogen-bond donors (Lipinski definition) is 2. The third-order valence-electron chi connectivity index (χ3n) is 2.46. The zero-order valence-electron chi connectivity index (χ0n) is 8.53. The summed E-state index contributed by atoms with van der Waals surface area (Å²) in [5.41, 5.74) is 1.07. The van der Waals surface area contributed by atoms with Gasteiger partial charge in [0.25, 0.3) is 0 Å². The Balaban J connectivity index is 3.24. The highest BCUT2D eigenvalue weighted by atomic mass is 16.3. The van der Waals surface area contributed by atoms with Gasteiger partial charge in [-0.3, -0.25) is 4.79 Å². The van der Waals surface area contributed by atoms with Crippen LogP contribution in [0.25, 0.3) is 0 Å². The summed E-state index contributed by atoms with van der Waals surface area (Å²) in [6.45, 7) is 4.85. The van der Waals surface area contributed by atoms with Crippen molar-refractivity contribution in [3.05, 3.63) is 23.3 Å². The fourth-order valence-corrected chi connectivity index (χ4v) is 1.26. The van der Waals surface area contributed by atoms with Crippen molar-refractivity contribution in [1.29, 1.82) is 0 Å². The number of phenolic OH excluding ortho intramolecular Hbond substituents is 2. The molecule has 0 bridgehead atoms. The van der Waals surface area contributed by atoms with Crippen LogP contribution >= 0.6 is 0 Å². The molecule has 0 fully saturated rings. The summed E-state index contributed by atoms with van der Waals surface area (Å²) in [5, 5.41) is 19.1. The molecule has 1 atom stereocenters. The summed E-state index contributed by atoms with van der Waals surface area (Å²) in [6.07, 6.45) is 0. The Hall–Kier alpha value is -1.51. The van der Waals surface area contributed by atoms with Gasteiger partial charge in [-0.25, -0.2) is 0 Å². The van der Waals surface area contributed by atoms with Gasteiger partial charge in [-0.15, -0.1) is 0 Å². The molecule has 1 aromatic carbocycles. The maximum absolute atomic E-state index is 11.1. The van der Waals surface area contributed by atoms with Crippen molar-refractivity contribution >= 4 is 5.78 Å². The molecule has 76 valence electrons. The quantitative estimate of drug-likeness (QED) is 0.709. The van der Waals surface area contributed by atoms with E-state index in [1.165, 1.54) is 6.92 Å². The molecule has 0 aliphatic rings. The minimum Gasteiger partial charge on any atom is -0.504 e. The van der Waals surface area contributed by atoms with Crippen molar-refractivity contribution in [2.75, 3.05) is 0 Å². The molecule has 0 amide bonds. The summed E-state index contributed by atoms with van der Waals surface area (Å²) < 4.78 is 0. The third kappa shape index (κ3) is 1.71. The lowest BCUT2D eigenvalue weighted by Crippen LogP contribution is -2.04. The van der Waals surface area contributed by atoms with Gasteiger partial charge < -0.3 is 10.2 Å². The average Bonchev–Trinajstić information content (AvgIpc) is 2.13. The maximum Gasteiger partial charge on any atom is 0.161 e. The number of Topliss-reactive ketones (excluding diaryl/α,β-unsaturated/α-hetero) is 1. The molecule has 14 heavy (non-hydrogen) atoms. The summed E-state index contributed by atoms with van der Waals surface area (Å²) in [6, 6.07) is 3.35. The Labute approximate surface area is 83.0 Å². The number of ketones is 1. The molecule has 0 heterocycles. The Bertz CT molecular complexity index is 369. The first-order valence-corrected chi connectivity index (χ1v) is 4.47. The lowest BCUT2D eigenvalue weighted by atomic mass is 9.95. The molecule has 2 N–H and O–H groups in total. The molecule has 0 aromatic heterocycles. The van der Waals surface area contributed by atoms with Crippen LogP contribution in [0.1, 0.15) is 30.9 Å². The molecule has 0 spiro atoms. The summed E-state index contributed by atoms with van der Waals surface area (Å²) >= 11 is 0. The number of aryl methyl sites for hydroxylation is 1. The lowest BCUT2D eigenvalue weighted by molar-refractivity contribution is -0.118. The van der Waals surface area contributed by atoms with Crippen molar-refractivity contribution < 1.29 is 15.0 Å². The van der Waals surface area contributed by atoms with Crippen LogP contribution < -0.4 is 0 Å². The zero-order chi connectivity index (χ0) is 10.9. The highest BCUT2D eigenvalue weighted by molar-refractivity contribution is 5.84. The number of rotatable bonds is 2. The maximum atomic E-state index is 11.1. The number of hydrogen-bond acceptors (Lipinski definition) is 3. The fourth-order valence-electron chi connectivity index (χ4n) is 1.26. The van der Waals surface area contributed by atoms with E-state index in [1.807, 2.05) is 0 Å². The van der Waals surface area contributed by atoms with Crippen molar-refractivity contribution in [2.45, 2.75) is 26.7 Å². The van der Waals surface area contributed by atoms with E-state index < -0.39 is 0 Å². The van der Waals surface area contributed by atoms with Crippen molar-refractivity contribution in [1.82, 2.24) is 0 Å². The second kappa shape index (κ2) is 3.70. The monoisotopic (exact) mass is 194 g/mol. The van der Waals surface area contributed by atoms with Gasteiger partial charge in [0.1, 0.15) is 5.78 Å². The van der Waals surface area contributed by atoms with Gasteiger partial charge in [0.2, 0.25) is 0 Å². The van der Waals surface area contributed by atoms with E-state index in [9.17, 15) is 15.0 Å². The number of carbonyl (C=O) groups is 1. The van der Waals surface area contributed by atoms with E-state index in [1.54, 1.807) is 26.0 Å². The van der Waals surface area contributed by atoms with Gasteiger partial charge in [0.05, 0.1) is 0 Å². The predicted octanol–water partition coefficient (Wildman–Crippen LogP) is 2.10. The van der Waals surface area contributed by atoms with Crippen molar-refractivity contribution in [2.24, 2.45) is 0 Å². The standard InChI is InChI=1S/C11H14O3/c1-6-4-5-9(7(2)8(3)12)11(14)10(6)13/h4-5,7,13-14H,1-3H3/t7-/m1/s1. The molecule has 0 saturated heterocycles. The molecule has 0 aliphatic carbocycles. The van der Waals surface area contributed by atoms with E-state index >= 15 is 0 Å². The van der Waals surface area contributed by atoms with Gasteiger partial charge in [-0.2, -0.15) is 0 Å². The zero-order valence-corrected chi connectivity index (χ0v) is 8.53. The van der Waals surface area contributed by atoms with Crippen LogP contribution in [0.15, 0.2) is 12.1 Å². The molecule has 0 saturated carbocycles. The van der Waals surface area contributed by atoms with Crippen LogP contribution in [0, 0.1) is 6.92 Å². The van der Waals surface area contributed by atoms with E-state index in [-0.39, 0.29) is 23.2 Å². The Kier molecular flexibility index (Phi) is 2.79. The minimum atomic E-state index is -0.388. The minimum absolute atomic E-state index is 0.0384. The highest BCUT2D eigenvalue weighted by Crippen LogP contribution is 2.36. The number of phenols is 2. The van der Waals surface area contributed by atoms with Crippen LogP contribution in [0.2, 0.25) is 0 Å². The second-order valence-corrected chi connectivity index (χ2v) is 3.50. The van der Waals surface area contributed by atoms with Crippen LogP contribution in [0.5, 0.6) is 11.5 Å². The molecular weight excluding hydrogens is 180 g/mol. The summed E-state index contributed by atoms with van der Waals surface area (Å²) in [4.78, 5) is 11.1. The summed E-state index contributed by atoms with van der Waals surface area (Å²) in [5.74, 6) is -0.756. The van der Waals surface area contributed by atoms with Crippen LogP contribution in [-0.2, 0) is 4.79 Å². The van der Waals surface area contributed by atoms with E-state index in [0.29, 0.717) is 11.1 Å². The molecule has 0 unspecified atom stereocenters. The van der Waals surface area contributed by atoms with E-state index in [0.717, 1.165) is 0 Å².